The number of hydrogen-bond acceptors (Lipinski definition) is 3. The van der Waals surface area contributed by atoms with Crippen molar-refractivity contribution >= 4 is 23.4 Å². The number of rotatable bonds is 7. The molecule has 0 aromatic heterocycles. The van der Waals surface area contributed by atoms with Gasteiger partial charge in [0.05, 0.1) is 5.75 Å². The van der Waals surface area contributed by atoms with Crippen LogP contribution in [0.2, 0.25) is 0 Å². The molecule has 1 amide bonds. The summed E-state index contributed by atoms with van der Waals surface area (Å²) in [5.74, 6) is 0.489. The minimum Gasteiger partial charge on any atom is -0.399 e. The zero-order valence-electron chi connectivity index (χ0n) is 10.3. The number of nitrogens with zero attached hydrogens (tertiary/aromatic N) is 1. The molecular weight excluding hydrogens is 244 g/mol. The van der Waals surface area contributed by atoms with Crippen molar-refractivity contribution in [3.05, 3.63) is 49.6 Å². The Hall–Kier alpha value is -1.68. The fourth-order valence-electron chi connectivity index (χ4n) is 1.39. The zero-order chi connectivity index (χ0) is 13.4. The van der Waals surface area contributed by atoms with Crippen molar-refractivity contribution in [2.45, 2.75) is 4.90 Å². The number of benzene rings is 1. The number of amides is 1. The fraction of sp³-hybridized carbons (Fsp3) is 0.214. The van der Waals surface area contributed by atoms with Crippen LogP contribution in [0.5, 0.6) is 0 Å². The third-order valence-electron chi connectivity index (χ3n) is 2.29. The number of nitrogens with two attached hydrogens (primary N) is 1. The third kappa shape index (κ3) is 4.67. The van der Waals surface area contributed by atoms with Crippen LogP contribution in [0.15, 0.2) is 54.5 Å². The Morgan fingerprint density at radius 1 is 1.22 bits per heavy atom. The van der Waals surface area contributed by atoms with Crippen LogP contribution in [0.3, 0.4) is 0 Å². The molecule has 0 saturated heterocycles. The Morgan fingerprint density at radius 3 is 2.28 bits per heavy atom. The van der Waals surface area contributed by atoms with Gasteiger partial charge in [0.1, 0.15) is 0 Å². The topological polar surface area (TPSA) is 46.3 Å². The number of hydrogen-bond donors (Lipinski definition) is 1. The molecule has 0 saturated carbocycles. The summed E-state index contributed by atoms with van der Waals surface area (Å²) in [5.41, 5.74) is 6.33. The molecule has 0 aliphatic heterocycles. The van der Waals surface area contributed by atoms with Crippen molar-refractivity contribution in [2.24, 2.45) is 0 Å². The highest BCUT2D eigenvalue weighted by Crippen LogP contribution is 2.19. The second-order valence-electron chi connectivity index (χ2n) is 3.73. The smallest absolute Gasteiger partial charge is 0.233 e. The summed E-state index contributed by atoms with van der Waals surface area (Å²) in [6.45, 7) is 8.39. The summed E-state index contributed by atoms with van der Waals surface area (Å²) in [5, 5.41) is 0. The van der Waals surface area contributed by atoms with Gasteiger partial charge in [0, 0.05) is 23.7 Å². The van der Waals surface area contributed by atoms with Gasteiger partial charge in [0.2, 0.25) is 5.91 Å². The molecule has 0 atom stereocenters. The van der Waals surface area contributed by atoms with E-state index >= 15 is 0 Å². The van der Waals surface area contributed by atoms with Gasteiger partial charge >= 0.3 is 0 Å². The van der Waals surface area contributed by atoms with E-state index in [0.717, 1.165) is 10.6 Å². The van der Waals surface area contributed by atoms with Crippen molar-refractivity contribution in [1.82, 2.24) is 4.90 Å². The Balaban J connectivity index is 2.50. The number of carbonyl (C=O) groups excluding carboxylic acids is 1. The Bertz CT molecular complexity index is 404. The number of nitrogen functional groups attached to an aromatic ring is 1. The summed E-state index contributed by atoms with van der Waals surface area (Å²) < 4.78 is 0. The van der Waals surface area contributed by atoms with Crippen LogP contribution in [-0.4, -0.2) is 29.6 Å². The average Bonchev–Trinajstić information content (AvgIpc) is 2.37. The highest BCUT2D eigenvalue weighted by Gasteiger charge is 2.10. The van der Waals surface area contributed by atoms with Gasteiger partial charge in [-0.05, 0) is 24.3 Å². The molecule has 0 bridgehead atoms. The normalized spacial score (nSPS) is 9.78. The Kier molecular flexibility index (Phi) is 6.08. The highest BCUT2D eigenvalue weighted by atomic mass is 32.2. The van der Waals surface area contributed by atoms with Crippen LogP contribution in [0.25, 0.3) is 0 Å². The maximum atomic E-state index is 11.9. The lowest BCUT2D eigenvalue weighted by molar-refractivity contribution is -0.127. The molecule has 2 N–H and O–H groups in total. The van der Waals surface area contributed by atoms with E-state index in [2.05, 4.69) is 13.2 Å². The van der Waals surface area contributed by atoms with E-state index in [-0.39, 0.29) is 5.91 Å². The van der Waals surface area contributed by atoms with Gasteiger partial charge in [0.25, 0.3) is 0 Å². The van der Waals surface area contributed by atoms with Crippen molar-refractivity contribution in [2.75, 3.05) is 24.6 Å². The van der Waals surface area contributed by atoms with Gasteiger partial charge in [-0.25, -0.2) is 0 Å². The SMILES string of the molecule is C=CCN(CC=C)C(=O)CSc1ccc(N)cc1. The third-order valence-corrected chi connectivity index (χ3v) is 3.29. The summed E-state index contributed by atoms with van der Waals surface area (Å²) in [7, 11) is 0. The van der Waals surface area contributed by atoms with E-state index in [1.807, 2.05) is 24.3 Å². The summed E-state index contributed by atoms with van der Waals surface area (Å²) in [6.07, 6.45) is 3.44. The first kappa shape index (κ1) is 14.4. The van der Waals surface area contributed by atoms with E-state index in [0.29, 0.717) is 18.8 Å². The first-order valence-corrected chi connectivity index (χ1v) is 6.64. The summed E-state index contributed by atoms with van der Waals surface area (Å²) >= 11 is 1.50. The van der Waals surface area contributed by atoms with Gasteiger partial charge < -0.3 is 10.6 Å². The number of thioether (sulfide) groups is 1. The van der Waals surface area contributed by atoms with E-state index in [1.165, 1.54) is 11.8 Å². The van der Waals surface area contributed by atoms with Crippen LogP contribution in [0.4, 0.5) is 5.69 Å². The lowest BCUT2D eigenvalue weighted by atomic mass is 10.3. The lowest BCUT2D eigenvalue weighted by Crippen LogP contribution is -2.32. The van der Waals surface area contributed by atoms with Crippen molar-refractivity contribution in [3.63, 3.8) is 0 Å². The molecule has 0 aliphatic rings. The van der Waals surface area contributed by atoms with Gasteiger partial charge in [-0.1, -0.05) is 12.2 Å². The molecule has 3 nitrogen and oxygen atoms in total. The van der Waals surface area contributed by atoms with Crippen LogP contribution in [0, 0.1) is 0 Å². The van der Waals surface area contributed by atoms with Gasteiger partial charge in [-0.3, -0.25) is 4.79 Å². The second-order valence-corrected chi connectivity index (χ2v) is 4.78. The van der Waals surface area contributed by atoms with E-state index in [1.54, 1.807) is 17.1 Å². The Morgan fingerprint density at radius 2 is 1.78 bits per heavy atom. The van der Waals surface area contributed by atoms with E-state index in [9.17, 15) is 4.79 Å². The second kappa shape index (κ2) is 7.61. The maximum Gasteiger partial charge on any atom is 0.233 e. The number of anilines is 1. The zero-order valence-corrected chi connectivity index (χ0v) is 11.2. The quantitative estimate of drug-likeness (QED) is 0.467. The molecule has 4 heteroatoms. The average molecular weight is 262 g/mol. The first-order valence-electron chi connectivity index (χ1n) is 5.65. The minimum atomic E-state index is 0.0802. The standard InChI is InChI=1S/C14H18N2OS/c1-3-9-16(10-4-2)14(17)11-18-13-7-5-12(15)6-8-13/h3-8H,1-2,9-11,15H2. The first-order chi connectivity index (χ1) is 8.67. The molecule has 1 rings (SSSR count). The maximum absolute atomic E-state index is 11.9. The summed E-state index contributed by atoms with van der Waals surface area (Å²) in [4.78, 5) is 14.7. The predicted molar refractivity (Wildman–Crippen MR) is 78.6 cm³/mol. The van der Waals surface area contributed by atoms with Crippen molar-refractivity contribution < 1.29 is 4.79 Å². The molecule has 0 radical (unpaired) electrons. The largest absolute Gasteiger partial charge is 0.399 e. The molecule has 18 heavy (non-hydrogen) atoms. The van der Waals surface area contributed by atoms with Gasteiger partial charge in [0.15, 0.2) is 0 Å². The molecule has 1 aromatic carbocycles. The lowest BCUT2D eigenvalue weighted by Gasteiger charge is -2.18. The van der Waals surface area contributed by atoms with Crippen LogP contribution < -0.4 is 5.73 Å². The monoisotopic (exact) mass is 262 g/mol. The summed E-state index contributed by atoms with van der Waals surface area (Å²) in [6, 6.07) is 7.49. The van der Waals surface area contributed by atoms with Crippen LogP contribution in [-0.2, 0) is 4.79 Å². The van der Waals surface area contributed by atoms with Gasteiger partial charge in [-0.2, -0.15) is 0 Å². The van der Waals surface area contributed by atoms with Crippen LogP contribution >= 0.6 is 11.8 Å². The van der Waals surface area contributed by atoms with Crippen molar-refractivity contribution in [3.8, 4) is 0 Å². The molecule has 96 valence electrons. The number of carbonyl (C=O) groups is 1. The molecule has 0 aliphatic carbocycles. The molecule has 1 aromatic rings. The fourth-order valence-corrected chi connectivity index (χ4v) is 2.19. The minimum absolute atomic E-state index is 0.0802. The Labute approximate surface area is 112 Å². The van der Waals surface area contributed by atoms with E-state index < -0.39 is 0 Å². The molecule has 0 fully saturated rings. The van der Waals surface area contributed by atoms with E-state index in [4.69, 9.17) is 5.73 Å². The molecular formula is C14H18N2OS. The highest BCUT2D eigenvalue weighted by molar-refractivity contribution is 8.00. The van der Waals surface area contributed by atoms with Crippen LogP contribution in [0.1, 0.15) is 0 Å². The van der Waals surface area contributed by atoms with Gasteiger partial charge in [-0.15, -0.1) is 24.9 Å². The predicted octanol–water partition coefficient (Wildman–Crippen LogP) is 2.56. The van der Waals surface area contributed by atoms with Crippen molar-refractivity contribution in [1.29, 1.82) is 0 Å². The molecule has 0 heterocycles. The molecule has 0 spiro atoms. The molecule has 0 unspecified atom stereocenters.